The van der Waals surface area contributed by atoms with Crippen LogP contribution in [0.4, 0.5) is 10.5 Å². The van der Waals surface area contributed by atoms with Gasteiger partial charge < -0.3 is 4.90 Å². The fourth-order valence-corrected chi connectivity index (χ4v) is 5.84. The second-order valence-corrected chi connectivity index (χ2v) is 10.0. The summed E-state index contributed by atoms with van der Waals surface area (Å²) in [6.45, 7) is 4.42. The number of thioether (sulfide) groups is 1. The van der Waals surface area contributed by atoms with Crippen LogP contribution in [0, 0.1) is 0 Å². The summed E-state index contributed by atoms with van der Waals surface area (Å²) in [6.07, 6.45) is 8.95. The molecule has 2 aliphatic heterocycles. The number of nitrogens with zero attached hydrogens (tertiary/aromatic N) is 5. The first-order valence-corrected chi connectivity index (χ1v) is 12.6. The number of imide groups is 1. The zero-order valence-corrected chi connectivity index (χ0v) is 19.6. The third kappa shape index (κ3) is 4.10. The van der Waals surface area contributed by atoms with Gasteiger partial charge in [0.25, 0.3) is 11.1 Å². The van der Waals surface area contributed by atoms with E-state index in [0.29, 0.717) is 10.6 Å². The molecule has 0 spiro atoms. The molecule has 3 aromatic rings. The number of carbonyl (C=O) groups is 2. The zero-order valence-electron chi connectivity index (χ0n) is 18.8. The summed E-state index contributed by atoms with van der Waals surface area (Å²) in [6, 6.07) is 13.1. The van der Waals surface area contributed by atoms with E-state index in [4.69, 9.17) is 0 Å². The Bertz CT molecular complexity index is 1270. The fourth-order valence-electron chi connectivity index (χ4n) is 5.17. The highest BCUT2D eigenvalue weighted by molar-refractivity contribution is 8.18. The Labute approximate surface area is 202 Å². The van der Waals surface area contributed by atoms with Gasteiger partial charge in [-0.1, -0.05) is 25.0 Å². The van der Waals surface area contributed by atoms with Crippen LogP contribution in [0.3, 0.4) is 0 Å². The molecule has 2 aromatic heterocycles. The van der Waals surface area contributed by atoms with Crippen LogP contribution in [0.25, 0.3) is 23.0 Å². The van der Waals surface area contributed by atoms with Gasteiger partial charge >= 0.3 is 0 Å². The average Bonchev–Trinajstić information content (AvgIpc) is 3.60. The molecule has 1 aromatic carbocycles. The minimum absolute atomic E-state index is 0.343. The third-order valence-corrected chi connectivity index (χ3v) is 7.80. The molecule has 2 amide bonds. The van der Waals surface area contributed by atoms with Crippen molar-refractivity contribution in [2.24, 2.45) is 0 Å². The van der Waals surface area contributed by atoms with E-state index in [1.54, 1.807) is 16.7 Å². The first kappa shape index (κ1) is 21.4. The maximum absolute atomic E-state index is 11.9. The van der Waals surface area contributed by atoms with E-state index < -0.39 is 0 Å². The van der Waals surface area contributed by atoms with E-state index in [0.717, 1.165) is 60.9 Å². The average molecular weight is 475 g/mol. The van der Waals surface area contributed by atoms with E-state index in [1.807, 2.05) is 12.3 Å². The number of hydrogen-bond donors (Lipinski definition) is 1. The number of hydrogen-bond acceptors (Lipinski definition) is 7. The predicted octanol–water partition coefficient (Wildman–Crippen LogP) is 3.78. The van der Waals surface area contributed by atoms with Crippen LogP contribution in [0.5, 0.6) is 0 Å². The molecule has 3 fully saturated rings. The van der Waals surface area contributed by atoms with Crippen molar-refractivity contribution in [3.63, 3.8) is 0 Å². The predicted molar refractivity (Wildman–Crippen MR) is 134 cm³/mol. The molecule has 1 N–H and O–H groups in total. The van der Waals surface area contributed by atoms with Crippen molar-refractivity contribution >= 4 is 40.3 Å². The fraction of sp³-hybridized carbons (Fsp3) is 0.360. The minimum Gasteiger partial charge on any atom is -0.369 e. The van der Waals surface area contributed by atoms with Crippen molar-refractivity contribution < 1.29 is 9.59 Å². The molecule has 174 valence electrons. The van der Waals surface area contributed by atoms with Gasteiger partial charge in [-0.05, 0) is 54.9 Å². The number of rotatable bonds is 4. The maximum Gasteiger partial charge on any atom is 0.290 e. The lowest BCUT2D eigenvalue weighted by Crippen LogP contribution is -2.49. The minimum atomic E-state index is -0.387. The Morgan fingerprint density at radius 1 is 0.971 bits per heavy atom. The molecule has 34 heavy (non-hydrogen) atoms. The number of amides is 2. The molecule has 1 aliphatic carbocycles. The number of carbonyl (C=O) groups excluding carboxylic acids is 2. The van der Waals surface area contributed by atoms with Crippen molar-refractivity contribution in [1.82, 2.24) is 24.8 Å². The number of imidazole rings is 1. The summed E-state index contributed by atoms with van der Waals surface area (Å²) in [5.74, 6) is -0.387. The van der Waals surface area contributed by atoms with Crippen LogP contribution < -0.4 is 10.2 Å². The summed E-state index contributed by atoms with van der Waals surface area (Å²) in [5, 5.41) is 6.56. The molecule has 0 atom stereocenters. The first-order valence-electron chi connectivity index (χ1n) is 11.8. The standard InChI is InChI=1S/C25H26N6O2S/c32-24-22(34-25(33)27-24)15-18-7-10-23-26-16-21(31(23)28-18)17-5-8-20(9-6-17)30-13-11-29(12-14-30)19-3-1-2-4-19/h5-10,15-16,19H,1-4,11-14H2,(H,27,32,33)/b22-15-. The van der Waals surface area contributed by atoms with E-state index in [1.165, 1.54) is 31.4 Å². The van der Waals surface area contributed by atoms with Gasteiger partial charge in [0.2, 0.25) is 0 Å². The molecule has 6 rings (SSSR count). The topological polar surface area (TPSA) is 82.8 Å². The molecule has 1 saturated carbocycles. The molecule has 3 aliphatic rings. The van der Waals surface area contributed by atoms with E-state index in [-0.39, 0.29) is 11.1 Å². The lowest BCUT2D eigenvalue weighted by atomic mass is 10.1. The molecule has 2 saturated heterocycles. The van der Waals surface area contributed by atoms with Crippen molar-refractivity contribution in [3.8, 4) is 11.3 Å². The van der Waals surface area contributed by atoms with E-state index in [2.05, 4.69) is 49.5 Å². The maximum atomic E-state index is 11.9. The smallest absolute Gasteiger partial charge is 0.290 e. The van der Waals surface area contributed by atoms with Crippen molar-refractivity contribution in [1.29, 1.82) is 0 Å². The number of anilines is 1. The van der Waals surface area contributed by atoms with Gasteiger partial charge in [0.15, 0.2) is 5.65 Å². The highest BCUT2D eigenvalue weighted by atomic mass is 32.2. The van der Waals surface area contributed by atoms with Crippen molar-refractivity contribution in [2.45, 2.75) is 31.7 Å². The number of benzene rings is 1. The summed E-state index contributed by atoms with van der Waals surface area (Å²) in [5.41, 5.74) is 4.48. The van der Waals surface area contributed by atoms with E-state index >= 15 is 0 Å². The Hall–Kier alpha value is -3.17. The van der Waals surface area contributed by atoms with Crippen LogP contribution >= 0.6 is 11.8 Å². The Balaban J connectivity index is 1.20. The molecule has 0 bridgehead atoms. The Kier molecular flexibility index (Phi) is 5.58. The zero-order chi connectivity index (χ0) is 23.1. The van der Waals surface area contributed by atoms with Gasteiger partial charge in [0.05, 0.1) is 22.5 Å². The summed E-state index contributed by atoms with van der Waals surface area (Å²) in [4.78, 5) is 33.3. The van der Waals surface area contributed by atoms with Crippen LogP contribution in [0.2, 0.25) is 0 Å². The summed E-state index contributed by atoms with van der Waals surface area (Å²) in [7, 11) is 0. The number of piperazine rings is 1. The largest absolute Gasteiger partial charge is 0.369 e. The summed E-state index contributed by atoms with van der Waals surface area (Å²) >= 11 is 0.888. The number of aromatic nitrogens is 3. The molecular weight excluding hydrogens is 448 g/mol. The van der Waals surface area contributed by atoms with Crippen LogP contribution in [-0.4, -0.2) is 62.9 Å². The highest BCUT2D eigenvalue weighted by Crippen LogP contribution is 2.28. The van der Waals surface area contributed by atoms with Gasteiger partial charge in [0, 0.05) is 43.5 Å². The van der Waals surface area contributed by atoms with Crippen LogP contribution in [0.1, 0.15) is 31.4 Å². The molecule has 4 heterocycles. The lowest BCUT2D eigenvalue weighted by Gasteiger charge is -2.39. The molecule has 8 nitrogen and oxygen atoms in total. The van der Waals surface area contributed by atoms with Crippen molar-refractivity contribution in [2.75, 3.05) is 31.1 Å². The number of fused-ring (bicyclic) bond motifs is 1. The van der Waals surface area contributed by atoms with Crippen LogP contribution in [0.15, 0.2) is 47.5 Å². The second kappa shape index (κ2) is 8.88. The Morgan fingerprint density at radius 3 is 2.44 bits per heavy atom. The molecule has 9 heteroatoms. The molecule has 0 unspecified atom stereocenters. The van der Waals surface area contributed by atoms with Gasteiger partial charge in [-0.15, -0.1) is 0 Å². The first-order chi connectivity index (χ1) is 16.6. The SMILES string of the molecule is O=C1NC(=O)/C(=C/c2ccc3ncc(-c4ccc(N5CCN(C6CCCC6)CC5)cc4)n3n2)S1. The normalized spacial score (nSPS) is 21.2. The molecular formula is C25H26N6O2S. The third-order valence-electron chi connectivity index (χ3n) is 6.99. The second-order valence-electron chi connectivity index (χ2n) is 9.03. The lowest BCUT2D eigenvalue weighted by molar-refractivity contribution is -0.115. The van der Waals surface area contributed by atoms with Gasteiger partial charge in [-0.3, -0.25) is 19.8 Å². The van der Waals surface area contributed by atoms with Gasteiger partial charge in [-0.25, -0.2) is 9.50 Å². The quantitative estimate of drug-likeness (QED) is 0.576. The van der Waals surface area contributed by atoms with Crippen molar-refractivity contribution in [3.05, 3.63) is 53.2 Å². The Morgan fingerprint density at radius 2 is 1.74 bits per heavy atom. The monoisotopic (exact) mass is 474 g/mol. The summed E-state index contributed by atoms with van der Waals surface area (Å²) < 4.78 is 1.78. The van der Waals surface area contributed by atoms with E-state index in [9.17, 15) is 9.59 Å². The van der Waals surface area contributed by atoms with Gasteiger partial charge in [-0.2, -0.15) is 5.10 Å². The van der Waals surface area contributed by atoms with Crippen LogP contribution in [-0.2, 0) is 4.79 Å². The van der Waals surface area contributed by atoms with Gasteiger partial charge in [0.1, 0.15) is 0 Å². The highest BCUT2D eigenvalue weighted by Gasteiger charge is 2.27. The number of nitrogens with one attached hydrogen (secondary N) is 1. The molecule has 0 radical (unpaired) electrons.